The lowest BCUT2D eigenvalue weighted by atomic mass is 10.2. The Hall–Kier alpha value is -3.53. The van der Waals surface area contributed by atoms with Crippen molar-refractivity contribution in [2.45, 2.75) is 44.2 Å². The van der Waals surface area contributed by atoms with Crippen LogP contribution in [-0.4, -0.2) is 49.0 Å². The molecule has 11 heteroatoms. The Morgan fingerprint density at radius 2 is 1.94 bits per heavy atom. The van der Waals surface area contributed by atoms with Gasteiger partial charge in [-0.15, -0.1) is 0 Å². The molecule has 0 spiro atoms. The van der Waals surface area contributed by atoms with Gasteiger partial charge in [0.25, 0.3) is 5.91 Å². The number of halogens is 1. The highest BCUT2D eigenvalue weighted by atomic mass is 35.5. The summed E-state index contributed by atoms with van der Waals surface area (Å²) in [5.41, 5.74) is 0.807. The van der Waals surface area contributed by atoms with Crippen LogP contribution in [0.3, 0.4) is 0 Å². The lowest BCUT2D eigenvalue weighted by Crippen LogP contribution is -2.37. The number of hydrogen-bond acceptors (Lipinski definition) is 7. The second-order valence-corrected chi connectivity index (χ2v) is 9.59. The summed E-state index contributed by atoms with van der Waals surface area (Å²) in [7, 11) is 0. The van der Waals surface area contributed by atoms with Crippen molar-refractivity contribution in [1.82, 2.24) is 29.8 Å². The fourth-order valence-electron chi connectivity index (χ4n) is 4.45. The van der Waals surface area contributed by atoms with Crippen LogP contribution in [0.5, 0.6) is 0 Å². The normalized spacial score (nSPS) is 20.8. The minimum Gasteiger partial charge on any atom is -0.343 e. The number of aromatic nitrogens is 5. The third kappa shape index (κ3) is 3.77. The van der Waals surface area contributed by atoms with Gasteiger partial charge in [0.1, 0.15) is 12.2 Å². The van der Waals surface area contributed by atoms with Gasteiger partial charge >= 0.3 is 6.03 Å². The first kappa shape index (κ1) is 21.0. The zero-order valence-corrected chi connectivity index (χ0v) is 19.3. The molecule has 2 N–H and O–H groups in total. The van der Waals surface area contributed by atoms with E-state index in [0.717, 1.165) is 31.4 Å². The standard InChI is InChI=1S/C23H23ClN8O2/c1-13-27-20(29-21(28-13)32-17(14-2-3-14)10-25-22(32)34)30-23(8-9-23)18-11-31(12-26-18)19(33)15-4-6-16(24)7-5-15/h4-7,11-12,14,17H,2-3,8-10H2,1H3,(H,25,34)(H,27,28,29,30). The van der Waals surface area contributed by atoms with Crippen molar-refractivity contribution in [3.05, 3.63) is 58.9 Å². The molecule has 2 amide bonds. The summed E-state index contributed by atoms with van der Waals surface area (Å²) < 4.78 is 1.47. The number of rotatable bonds is 6. The number of benzene rings is 1. The summed E-state index contributed by atoms with van der Waals surface area (Å²) >= 11 is 5.93. The number of nitrogens with one attached hydrogen (secondary N) is 2. The second kappa shape index (κ2) is 7.76. The van der Waals surface area contributed by atoms with Crippen molar-refractivity contribution < 1.29 is 9.59 Å². The molecule has 3 heterocycles. The molecular weight excluding hydrogens is 456 g/mol. The number of imidazole rings is 1. The summed E-state index contributed by atoms with van der Waals surface area (Å²) in [6.45, 7) is 2.40. The van der Waals surface area contributed by atoms with Gasteiger partial charge in [-0.25, -0.2) is 9.78 Å². The van der Waals surface area contributed by atoms with E-state index in [1.807, 2.05) is 0 Å². The molecule has 2 aromatic heterocycles. The second-order valence-electron chi connectivity index (χ2n) is 9.15. The number of amides is 2. The Bertz CT molecular complexity index is 1280. The average Bonchev–Trinajstić information content (AvgIpc) is 3.72. The summed E-state index contributed by atoms with van der Waals surface area (Å²) in [6.07, 6.45) is 7.15. The Morgan fingerprint density at radius 3 is 2.65 bits per heavy atom. The average molecular weight is 479 g/mol. The van der Waals surface area contributed by atoms with E-state index in [1.165, 1.54) is 10.9 Å². The highest BCUT2D eigenvalue weighted by molar-refractivity contribution is 6.30. The number of nitrogens with zero attached hydrogens (tertiary/aromatic N) is 6. The van der Waals surface area contributed by atoms with Crippen molar-refractivity contribution in [1.29, 1.82) is 0 Å². The summed E-state index contributed by atoms with van der Waals surface area (Å²) in [5.74, 6) is 1.59. The highest BCUT2D eigenvalue weighted by Crippen LogP contribution is 2.47. The monoisotopic (exact) mass is 478 g/mol. The molecule has 10 nitrogen and oxygen atoms in total. The van der Waals surface area contributed by atoms with E-state index in [1.54, 1.807) is 42.3 Å². The number of urea groups is 1. The maximum absolute atomic E-state index is 12.8. The quantitative estimate of drug-likeness (QED) is 0.558. The van der Waals surface area contributed by atoms with E-state index in [-0.39, 0.29) is 18.0 Å². The fourth-order valence-corrected chi connectivity index (χ4v) is 4.58. The molecule has 3 aliphatic rings. The fraction of sp³-hybridized carbons (Fsp3) is 0.391. The Kier molecular flexibility index (Phi) is 4.80. The van der Waals surface area contributed by atoms with E-state index < -0.39 is 5.54 Å². The molecule has 6 rings (SSSR count). The molecular formula is C23H23ClN8O2. The molecule has 34 heavy (non-hydrogen) atoms. The smallest absolute Gasteiger partial charge is 0.324 e. The maximum atomic E-state index is 12.8. The first-order valence-corrected chi connectivity index (χ1v) is 11.7. The predicted octanol–water partition coefficient (Wildman–Crippen LogP) is 3.13. The van der Waals surface area contributed by atoms with Crippen LogP contribution < -0.4 is 15.5 Å². The zero-order valence-electron chi connectivity index (χ0n) is 18.5. The molecule has 1 saturated heterocycles. The van der Waals surface area contributed by atoms with E-state index >= 15 is 0 Å². The molecule has 2 saturated carbocycles. The minimum atomic E-state index is -0.459. The van der Waals surface area contributed by atoms with Crippen LogP contribution in [0.15, 0.2) is 36.8 Å². The zero-order chi connectivity index (χ0) is 23.4. The Balaban J connectivity index is 1.24. The van der Waals surface area contributed by atoms with Crippen LogP contribution in [0.4, 0.5) is 16.7 Å². The summed E-state index contributed by atoms with van der Waals surface area (Å²) in [5, 5.41) is 6.88. The SMILES string of the molecule is Cc1nc(NC2(c3cn(C(=O)c4ccc(Cl)cc4)cn3)CC2)nc(N2C(=O)NCC2C2CC2)n1. The van der Waals surface area contributed by atoms with Crippen LogP contribution in [0.25, 0.3) is 0 Å². The third-order valence-electron chi connectivity index (χ3n) is 6.63. The molecule has 1 atom stereocenters. The highest BCUT2D eigenvalue weighted by Gasteiger charge is 2.48. The first-order chi connectivity index (χ1) is 16.4. The Labute approximate surface area is 200 Å². The van der Waals surface area contributed by atoms with Gasteiger partial charge in [-0.2, -0.15) is 15.0 Å². The minimum absolute atomic E-state index is 0.0756. The molecule has 1 aliphatic heterocycles. The van der Waals surface area contributed by atoms with Gasteiger partial charge in [0.2, 0.25) is 11.9 Å². The van der Waals surface area contributed by atoms with Crippen molar-refractivity contribution in [3.8, 4) is 0 Å². The molecule has 2 aliphatic carbocycles. The number of carbonyl (C=O) groups excluding carboxylic acids is 2. The van der Waals surface area contributed by atoms with Gasteiger partial charge in [-0.05, 0) is 62.8 Å². The van der Waals surface area contributed by atoms with Crippen LogP contribution in [0, 0.1) is 12.8 Å². The number of hydrogen-bond donors (Lipinski definition) is 2. The summed E-state index contributed by atoms with van der Waals surface area (Å²) in [4.78, 5) is 45.0. The number of carbonyl (C=O) groups is 2. The molecule has 0 radical (unpaired) electrons. The van der Waals surface area contributed by atoms with Crippen LogP contribution in [-0.2, 0) is 5.54 Å². The summed E-state index contributed by atoms with van der Waals surface area (Å²) in [6, 6.07) is 6.65. The van der Waals surface area contributed by atoms with E-state index in [9.17, 15) is 9.59 Å². The van der Waals surface area contributed by atoms with E-state index in [4.69, 9.17) is 11.6 Å². The van der Waals surface area contributed by atoms with Gasteiger partial charge in [-0.3, -0.25) is 14.3 Å². The first-order valence-electron chi connectivity index (χ1n) is 11.3. The van der Waals surface area contributed by atoms with E-state index in [2.05, 4.69) is 30.6 Å². The van der Waals surface area contributed by atoms with Crippen LogP contribution >= 0.6 is 11.6 Å². The largest absolute Gasteiger partial charge is 0.343 e. The predicted molar refractivity (Wildman–Crippen MR) is 125 cm³/mol. The van der Waals surface area contributed by atoms with Crippen molar-refractivity contribution in [2.75, 3.05) is 16.8 Å². The lowest BCUT2D eigenvalue weighted by molar-refractivity contribution is 0.0959. The van der Waals surface area contributed by atoms with Crippen molar-refractivity contribution in [3.63, 3.8) is 0 Å². The van der Waals surface area contributed by atoms with Gasteiger partial charge in [0, 0.05) is 23.3 Å². The maximum Gasteiger partial charge on any atom is 0.324 e. The van der Waals surface area contributed by atoms with Gasteiger partial charge in [-0.1, -0.05) is 11.6 Å². The number of aryl methyl sites for hydroxylation is 1. The lowest BCUT2D eigenvalue weighted by Gasteiger charge is -2.22. The van der Waals surface area contributed by atoms with Gasteiger partial charge in [0.15, 0.2) is 0 Å². The number of anilines is 2. The topological polar surface area (TPSA) is 118 Å². The molecule has 1 unspecified atom stereocenters. The van der Waals surface area contributed by atoms with Crippen molar-refractivity contribution in [2.24, 2.45) is 5.92 Å². The molecule has 0 bridgehead atoms. The molecule has 3 fully saturated rings. The van der Waals surface area contributed by atoms with Gasteiger partial charge in [0.05, 0.1) is 17.3 Å². The van der Waals surface area contributed by atoms with Gasteiger partial charge < -0.3 is 10.6 Å². The third-order valence-corrected chi connectivity index (χ3v) is 6.88. The molecule has 3 aromatic rings. The molecule has 1 aromatic carbocycles. The van der Waals surface area contributed by atoms with Crippen LogP contribution in [0.2, 0.25) is 5.02 Å². The van der Waals surface area contributed by atoms with Crippen LogP contribution in [0.1, 0.15) is 47.6 Å². The molecule has 174 valence electrons. The van der Waals surface area contributed by atoms with Crippen molar-refractivity contribution >= 4 is 35.4 Å². The van der Waals surface area contributed by atoms with E-state index in [0.29, 0.717) is 40.8 Å². The Morgan fingerprint density at radius 1 is 1.18 bits per heavy atom.